The Morgan fingerprint density at radius 3 is 2.20 bits per heavy atom. The molecule has 20 heavy (non-hydrogen) atoms. The quantitative estimate of drug-likeness (QED) is 0.909. The number of anilines is 1. The maximum absolute atomic E-state index is 12.1. The van der Waals surface area contributed by atoms with Crippen molar-refractivity contribution in [2.45, 2.75) is 6.61 Å². The third kappa shape index (κ3) is 3.59. The minimum Gasteiger partial charge on any atom is -0.497 e. The third-order valence-corrected chi connectivity index (χ3v) is 2.88. The topological polar surface area (TPSA) is 47.6 Å². The van der Waals surface area contributed by atoms with Gasteiger partial charge in [-0.15, -0.1) is 0 Å². The zero-order valence-corrected chi connectivity index (χ0v) is 11.6. The summed E-state index contributed by atoms with van der Waals surface area (Å²) in [6, 6.07) is 14.5. The van der Waals surface area contributed by atoms with Gasteiger partial charge in [0.1, 0.15) is 5.75 Å². The van der Waals surface area contributed by atoms with Crippen molar-refractivity contribution in [3.63, 3.8) is 0 Å². The normalized spacial score (nSPS) is 10.1. The zero-order valence-electron chi connectivity index (χ0n) is 11.6. The van der Waals surface area contributed by atoms with Crippen molar-refractivity contribution in [1.29, 1.82) is 0 Å². The molecule has 4 heteroatoms. The van der Waals surface area contributed by atoms with Crippen LogP contribution in [-0.4, -0.2) is 20.1 Å². The average molecular weight is 271 g/mol. The molecule has 0 atom stereocenters. The molecule has 0 spiro atoms. The van der Waals surface area contributed by atoms with Gasteiger partial charge in [-0.1, -0.05) is 12.1 Å². The standard InChI is InChI=1S/C16H17NO3/c1-19-11-12-3-5-13(6-4-12)16(18)17-14-7-9-15(20-2)10-8-14/h3-10H,11H2,1-2H3,(H,17,18). The molecular formula is C16H17NO3. The van der Waals surface area contributed by atoms with Gasteiger partial charge in [0.15, 0.2) is 0 Å². The highest BCUT2D eigenvalue weighted by molar-refractivity contribution is 6.04. The molecule has 2 rings (SSSR count). The Balaban J connectivity index is 2.03. The van der Waals surface area contributed by atoms with E-state index in [1.165, 1.54) is 0 Å². The van der Waals surface area contributed by atoms with Gasteiger partial charge in [0.25, 0.3) is 5.91 Å². The molecule has 1 N–H and O–H groups in total. The summed E-state index contributed by atoms with van der Waals surface area (Å²) in [6.45, 7) is 0.542. The van der Waals surface area contributed by atoms with E-state index in [4.69, 9.17) is 9.47 Å². The fraction of sp³-hybridized carbons (Fsp3) is 0.188. The number of carbonyl (C=O) groups is 1. The van der Waals surface area contributed by atoms with E-state index in [0.717, 1.165) is 17.0 Å². The van der Waals surface area contributed by atoms with Crippen LogP contribution in [0.1, 0.15) is 15.9 Å². The van der Waals surface area contributed by atoms with Crippen LogP contribution < -0.4 is 10.1 Å². The predicted molar refractivity (Wildman–Crippen MR) is 78.1 cm³/mol. The van der Waals surface area contributed by atoms with Crippen LogP contribution >= 0.6 is 0 Å². The van der Waals surface area contributed by atoms with E-state index in [0.29, 0.717) is 12.2 Å². The third-order valence-electron chi connectivity index (χ3n) is 2.88. The Hall–Kier alpha value is -2.33. The predicted octanol–water partition coefficient (Wildman–Crippen LogP) is 3.09. The second-order valence-corrected chi connectivity index (χ2v) is 4.31. The molecule has 0 saturated carbocycles. The zero-order chi connectivity index (χ0) is 14.4. The van der Waals surface area contributed by atoms with Gasteiger partial charge in [-0.2, -0.15) is 0 Å². The highest BCUT2D eigenvalue weighted by atomic mass is 16.5. The van der Waals surface area contributed by atoms with E-state index in [-0.39, 0.29) is 5.91 Å². The molecule has 1 amide bonds. The second-order valence-electron chi connectivity index (χ2n) is 4.31. The second kappa shape index (κ2) is 6.73. The Bertz CT molecular complexity index is 561. The molecule has 104 valence electrons. The van der Waals surface area contributed by atoms with E-state index >= 15 is 0 Å². The first kappa shape index (κ1) is 14.1. The average Bonchev–Trinajstić information content (AvgIpc) is 2.49. The smallest absolute Gasteiger partial charge is 0.255 e. The summed E-state index contributed by atoms with van der Waals surface area (Å²) < 4.78 is 10.1. The van der Waals surface area contributed by atoms with Crippen molar-refractivity contribution in [3.05, 3.63) is 59.7 Å². The van der Waals surface area contributed by atoms with Crippen molar-refractivity contribution in [2.24, 2.45) is 0 Å². The lowest BCUT2D eigenvalue weighted by Crippen LogP contribution is -2.11. The molecule has 2 aromatic carbocycles. The summed E-state index contributed by atoms with van der Waals surface area (Å²) in [5.74, 6) is 0.617. The highest BCUT2D eigenvalue weighted by Crippen LogP contribution is 2.16. The van der Waals surface area contributed by atoms with Crippen LogP contribution in [0.5, 0.6) is 5.75 Å². The molecule has 0 heterocycles. The van der Waals surface area contributed by atoms with E-state index < -0.39 is 0 Å². The van der Waals surface area contributed by atoms with Crippen molar-refractivity contribution in [1.82, 2.24) is 0 Å². The van der Waals surface area contributed by atoms with E-state index in [9.17, 15) is 4.79 Å². The van der Waals surface area contributed by atoms with Crippen LogP contribution in [0, 0.1) is 0 Å². The lowest BCUT2D eigenvalue weighted by Gasteiger charge is -2.07. The monoisotopic (exact) mass is 271 g/mol. The van der Waals surface area contributed by atoms with Crippen LogP contribution in [0.3, 0.4) is 0 Å². The molecule has 0 radical (unpaired) electrons. The lowest BCUT2D eigenvalue weighted by atomic mass is 10.1. The molecule has 0 fully saturated rings. The van der Waals surface area contributed by atoms with Crippen molar-refractivity contribution >= 4 is 11.6 Å². The van der Waals surface area contributed by atoms with Crippen LogP contribution in [0.15, 0.2) is 48.5 Å². The summed E-state index contributed by atoms with van der Waals surface area (Å²) >= 11 is 0. The minimum absolute atomic E-state index is 0.140. The van der Waals surface area contributed by atoms with Crippen LogP contribution in [-0.2, 0) is 11.3 Å². The minimum atomic E-state index is -0.140. The van der Waals surface area contributed by atoms with Gasteiger partial charge in [0.2, 0.25) is 0 Å². The van der Waals surface area contributed by atoms with Gasteiger partial charge in [-0.05, 0) is 42.0 Å². The molecular weight excluding hydrogens is 254 g/mol. The van der Waals surface area contributed by atoms with Gasteiger partial charge in [0.05, 0.1) is 13.7 Å². The Morgan fingerprint density at radius 1 is 1.00 bits per heavy atom. The summed E-state index contributed by atoms with van der Waals surface area (Å²) in [6.07, 6.45) is 0. The molecule has 4 nitrogen and oxygen atoms in total. The van der Waals surface area contributed by atoms with Crippen LogP contribution in [0.4, 0.5) is 5.69 Å². The van der Waals surface area contributed by atoms with Crippen molar-refractivity contribution in [2.75, 3.05) is 19.5 Å². The number of methoxy groups -OCH3 is 2. The van der Waals surface area contributed by atoms with Gasteiger partial charge >= 0.3 is 0 Å². The molecule has 0 aliphatic carbocycles. The fourth-order valence-electron chi connectivity index (χ4n) is 1.80. The SMILES string of the molecule is COCc1ccc(C(=O)Nc2ccc(OC)cc2)cc1. The molecule has 2 aromatic rings. The molecule has 0 aliphatic heterocycles. The summed E-state index contributed by atoms with van der Waals surface area (Å²) in [4.78, 5) is 12.1. The van der Waals surface area contributed by atoms with Gasteiger partial charge < -0.3 is 14.8 Å². The number of ether oxygens (including phenoxy) is 2. The number of amides is 1. The summed E-state index contributed by atoms with van der Waals surface area (Å²) in [5.41, 5.74) is 2.38. The Kier molecular flexibility index (Phi) is 4.74. The van der Waals surface area contributed by atoms with Gasteiger partial charge in [-0.3, -0.25) is 4.79 Å². The number of rotatable bonds is 5. The van der Waals surface area contributed by atoms with Crippen molar-refractivity contribution in [3.8, 4) is 5.75 Å². The maximum Gasteiger partial charge on any atom is 0.255 e. The Labute approximate surface area is 118 Å². The molecule has 0 bridgehead atoms. The van der Waals surface area contributed by atoms with Crippen LogP contribution in [0.25, 0.3) is 0 Å². The van der Waals surface area contributed by atoms with E-state index in [2.05, 4.69) is 5.32 Å². The Morgan fingerprint density at radius 2 is 1.65 bits per heavy atom. The van der Waals surface area contributed by atoms with E-state index in [1.54, 1.807) is 50.6 Å². The highest BCUT2D eigenvalue weighted by Gasteiger charge is 2.06. The summed E-state index contributed by atoms with van der Waals surface area (Å²) in [7, 11) is 3.25. The molecule has 0 saturated heterocycles. The van der Waals surface area contributed by atoms with Gasteiger partial charge in [-0.25, -0.2) is 0 Å². The number of nitrogens with one attached hydrogen (secondary N) is 1. The molecule has 0 unspecified atom stereocenters. The first-order valence-corrected chi connectivity index (χ1v) is 6.26. The summed E-state index contributed by atoms with van der Waals surface area (Å²) in [5, 5.41) is 2.84. The van der Waals surface area contributed by atoms with Crippen LogP contribution in [0.2, 0.25) is 0 Å². The fourth-order valence-corrected chi connectivity index (χ4v) is 1.80. The van der Waals surface area contributed by atoms with Gasteiger partial charge in [0, 0.05) is 18.4 Å². The van der Waals surface area contributed by atoms with Crippen molar-refractivity contribution < 1.29 is 14.3 Å². The first-order valence-electron chi connectivity index (χ1n) is 6.26. The number of hydrogen-bond acceptors (Lipinski definition) is 3. The maximum atomic E-state index is 12.1. The molecule has 0 aliphatic rings. The first-order chi connectivity index (χ1) is 9.72. The number of carbonyl (C=O) groups excluding carboxylic acids is 1. The molecule has 0 aromatic heterocycles. The largest absolute Gasteiger partial charge is 0.497 e. The number of hydrogen-bond donors (Lipinski definition) is 1. The van der Waals surface area contributed by atoms with E-state index in [1.807, 2.05) is 12.1 Å². The lowest BCUT2D eigenvalue weighted by molar-refractivity contribution is 0.102. The number of benzene rings is 2.